The van der Waals surface area contributed by atoms with Gasteiger partial charge in [-0.25, -0.2) is 4.57 Å². The lowest BCUT2D eigenvalue weighted by atomic mass is 10.2. The third kappa shape index (κ3) is 3.48. The van der Waals surface area contributed by atoms with Crippen molar-refractivity contribution in [3.05, 3.63) is 46.5 Å². The predicted molar refractivity (Wildman–Crippen MR) is 73.8 cm³/mol. The first-order chi connectivity index (χ1) is 9.68. The second-order valence-electron chi connectivity index (χ2n) is 4.19. The molecule has 1 amide bonds. The van der Waals surface area contributed by atoms with Gasteiger partial charge in [0, 0.05) is 6.07 Å². The quantitative estimate of drug-likeness (QED) is 0.747. The van der Waals surface area contributed by atoms with Crippen LogP contribution in [-0.2, 0) is 4.57 Å². The first kappa shape index (κ1) is 15.7. The normalized spacial score (nSPS) is 11.5. The molecule has 0 bridgehead atoms. The summed E-state index contributed by atoms with van der Waals surface area (Å²) in [6.07, 6.45) is 0. The summed E-state index contributed by atoms with van der Waals surface area (Å²) in [5.41, 5.74) is 0.681. The summed E-state index contributed by atoms with van der Waals surface area (Å²) in [6, 6.07) is 5.49. The minimum Gasteiger partial charge on any atom is -0.319 e. The summed E-state index contributed by atoms with van der Waals surface area (Å²) in [7, 11) is -4.95. The van der Waals surface area contributed by atoms with Gasteiger partial charge in [0.2, 0.25) is 5.95 Å². The summed E-state index contributed by atoms with van der Waals surface area (Å²) >= 11 is 5.93. The van der Waals surface area contributed by atoms with Gasteiger partial charge in [-0.1, -0.05) is 17.7 Å². The Hall–Kier alpha value is -1.73. The zero-order valence-electron chi connectivity index (χ0n) is 10.6. The number of nitrogens with zero attached hydrogens (tertiary/aromatic N) is 2. The molecule has 0 saturated carbocycles. The van der Waals surface area contributed by atoms with Crippen LogP contribution in [0.25, 0.3) is 0 Å². The van der Waals surface area contributed by atoms with Gasteiger partial charge in [0.25, 0.3) is 5.91 Å². The topological polar surface area (TPSA) is 104 Å². The first-order valence-electron chi connectivity index (χ1n) is 5.58. The maximum atomic E-state index is 13.3. The molecule has 10 heteroatoms. The fraction of sp³-hybridized carbons (Fsp3) is 0.0909. The van der Waals surface area contributed by atoms with E-state index in [1.54, 1.807) is 18.2 Å². The number of rotatable bonds is 3. The number of amides is 1. The number of benzene rings is 1. The van der Waals surface area contributed by atoms with Crippen molar-refractivity contribution < 1.29 is 23.5 Å². The molecule has 1 aromatic carbocycles. The van der Waals surface area contributed by atoms with Crippen LogP contribution in [0.4, 0.5) is 10.1 Å². The van der Waals surface area contributed by atoms with Gasteiger partial charge in [-0.2, -0.15) is 9.49 Å². The van der Waals surface area contributed by atoms with Crippen LogP contribution in [0.2, 0.25) is 5.02 Å². The number of carbonyl (C=O) groups excluding carboxylic acids is 1. The predicted octanol–water partition coefficient (Wildman–Crippen LogP) is 2.18. The van der Waals surface area contributed by atoms with E-state index in [2.05, 4.69) is 10.4 Å². The second-order valence-corrected chi connectivity index (χ2v) is 6.01. The fourth-order valence-corrected chi connectivity index (χ4v) is 2.35. The van der Waals surface area contributed by atoms with Gasteiger partial charge >= 0.3 is 7.75 Å². The molecule has 0 saturated heterocycles. The van der Waals surface area contributed by atoms with E-state index in [0.29, 0.717) is 6.07 Å². The average molecular weight is 334 g/mol. The Bertz CT molecular complexity index is 758. The summed E-state index contributed by atoms with van der Waals surface area (Å²) < 4.78 is 24.1. The van der Waals surface area contributed by atoms with Gasteiger partial charge in [-0.3, -0.25) is 4.79 Å². The Morgan fingerprint density at radius 2 is 2.10 bits per heavy atom. The highest BCUT2D eigenvalue weighted by Gasteiger charge is 2.25. The molecule has 0 radical (unpaired) electrons. The highest BCUT2D eigenvalue weighted by atomic mass is 35.5. The highest BCUT2D eigenvalue weighted by Crippen LogP contribution is 2.37. The Morgan fingerprint density at radius 3 is 2.62 bits per heavy atom. The SMILES string of the molecule is Cc1ccc(NC(=O)c2cc(F)n(P(=O)(O)O)n2)c(Cl)c1. The van der Waals surface area contributed by atoms with E-state index in [-0.39, 0.29) is 15.2 Å². The molecule has 3 N–H and O–H groups in total. The van der Waals surface area contributed by atoms with Crippen LogP contribution in [0.1, 0.15) is 16.1 Å². The van der Waals surface area contributed by atoms with E-state index in [1.807, 2.05) is 6.92 Å². The number of hydrogen-bond donors (Lipinski definition) is 3. The molecule has 0 aliphatic carbocycles. The molecule has 0 atom stereocenters. The largest absolute Gasteiger partial charge is 0.452 e. The molecule has 0 fully saturated rings. The van der Waals surface area contributed by atoms with Crippen molar-refractivity contribution in [1.82, 2.24) is 9.55 Å². The molecule has 1 heterocycles. The van der Waals surface area contributed by atoms with Crippen molar-refractivity contribution in [1.29, 1.82) is 0 Å². The lowest BCUT2D eigenvalue weighted by molar-refractivity contribution is 0.102. The van der Waals surface area contributed by atoms with Crippen LogP contribution in [0.3, 0.4) is 0 Å². The molecule has 1 aromatic heterocycles. The number of hydrogen-bond acceptors (Lipinski definition) is 3. The van der Waals surface area contributed by atoms with E-state index in [0.717, 1.165) is 5.56 Å². The molecule has 7 nitrogen and oxygen atoms in total. The van der Waals surface area contributed by atoms with Crippen molar-refractivity contribution in [3.63, 3.8) is 0 Å². The number of nitrogens with one attached hydrogen (secondary N) is 1. The van der Waals surface area contributed by atoms with Crippen LogP contribution < -0.4 is 5.32 Å². The summed E-state index contributed by atoms with van der Waals surface area (Å²) in [5, 5.41) is 5.90. The maximum Gasteiger partial charge on any atom is 0.452 e. The Kier molecular flexibility index (Phi) is 4.15. The third-order valence-electron chi connectivity index (χ3n) is 2.50. The van der Waals surface area contributed by atoms with Gasteiger partial charge in [0.05, 0.1) is 10.7 Å². The summed E-state index contributed by atoms with van der Waals surface area (Å²) in [6.45, 7) is 1.81. The van der Waals surface area contributed by atoms with E-state index >= 15 is 0 Å². The van der Waals surface area contributed by atoms with E-state index in [4.69, 9.17) is 21.4 Å². The lowest BCUT2D eigenvalue weighted by Gasteiger charge is -2.06. The molecule has 112 valence electrons. The molecule has 0 aliphatic rings. The molecule has 2 aromatic rings. The monoisotopic (exact) mass is 333 g/mol. The van der Waals surface area contributed by atoms with Crippen LogP contribution in [0, 0.1) is 12.9 Å². The number of halogens is 2. The minimum atomic E-state index is -4.95. The van der Waals surface area contributed by atoms with Crippen LogP contribution in [0.5, 0.6) is 0 Å². The van der Waals surface area contributed by atoms with E-state index < -0.39 is 25.3 Å². The fourth-order valence-electron chi connectivity index (χ4n) is 1.55. The summed E-state index contributed by atoms with van der Waals surface area (Å²) in [4.78, 5) is 29.6. The van der Waals surface area contributed by atoms with Gasteiger partial charge in [-0.15, -0.1) is 4.45 Å². The average Bonchev–Trinajstić information content (AvgIpc) is 2.75. The Morgan fingerprint density at radius 1 is 1.43 bits per heavy atom. The van der Waals surface area contributed by atoms with Crippen molar-refractivity contribution in [2.45, 2.75) is 6.92 Å². The van der Waals surface area contributed by atoms with Crippen molar-refractivity contribution in [2.75, 3.05) is 5.32 Å². The molecule has 21 heavy (non-hydrogen) atoms. The van der Waals surface area contributed by atoms with Crippen LogP contribution in [-0.4, -0.2) is 25.2 Å². The number of aryl methyl sites for hydroxylation is 1. The maximum absolute atomic E-state index is 13.3. The lowest BCUT2D eigenvalue weighted by Crippen LogP contribution is -2.13. The number of aromatic nitrogens is 2. The zero-order chi connectivity index (χ0) is 15.8. The van der Waals surface area contributed by atoms with Gasteiger partial charge < -0.3 is 15.1 Å². The molecule has 0 aliphatic heterocycles. The number of anilines is 1. The van der Waals surface area contributed by atoms with E-state index in [9.17, 15) is 13.8 Å². The van der Waals surface area contributed by atoms with E-state index in [1.165, 1.54) is 0 Å². The smallest absolute Gasteiger partial charge is 0.319 e. The zero-order valence-corrected chi connectivity index (χ0v) is 12.3. The van der Waals surface area contributed by atoms with Crippen molar-refractivity contribution in [2.24, 2.45) is 0 Å². The van der Waals surface area contributed by atoms with Crippen molar-refractivity contribution in [3.8, 4) is 0 Å². The van der Waals surface area contributed by atoms with Crippen molar-refractivity contribution >= 4 is 30.9 Å². The highest BCUT2D eigenvalue weighted by molar-refractivity contribution is 7.49. The third-order valence-corrected chi connectivity index (χ3v) is 3.59. The first-order valence-corrected chi connectivity index (χ1v) is 7.52. The Balaban J connectivity index is 2.27. The molecular weight excluding hydrogens is 324 g/mol. The van der Waals surface area contributed by atoms with Crippen LogP contribution >= 0.6 is 19.3 Å². The van der Waals surface area contributed by atoms with Crippen LogP contribution in [0.15, 0.2) is 24.3 Å². The molecule has 2 rings (SSSR count). The van der Waals surface area contributed by atoms with Gasteiger partial charge in [0.1, 0.15) is 0 Å². The molecular formula is C11H10ClFN3O4P. The minimum absolute atomic E-state index is 0.154. The summed E-state index contributed by atoms with van der Waals surface area (Å²) in [5.74, 6) is -2.16. The van der Waals surface area contributed by atoms with Gasteiger partial charge in [-0.05, 0) is 24.6 Å². The molecule has 0 spiro atoms. The van der Waals surface area contributed by atoms with Gasteiger partial charge in [0.15, 0.2) is 5.69 Å². The standard InChI is InChI=1S/C11H10ClFN3O4P/c1-6-2-3-8(7(12)4-6)14-11(17)9-5-10(13)16(15-9)21(18,19)20/h2-5H,1H3,(H,14,17)(H2,18,19,20). The number of carbonyl (C=O) groups is 1. The Labute approximate surface area is 123 Å². The molecule has 0 unspecified atom stereocenters. The second kappa shape index (κ2) is 5.57.